The van der Waals surface area contributed by atoms with Crippen LogP contribution in [0.25, 0.3) is 10.8 Å². The standard InChI is InChI=1S/C36H44N6O7S/c1-7-24-18-36(24,35(45)41-50(46,47)27-9-10-27)40-32(43)29-17-26(49-33-28-11-8-25(48-6)16-23(28)12-13-37-33)19-42(29)34(44)31(20(2)3)39-30-15-21(4)14-22(5)38-30/h7-8,11-16,20,24,26-27,29,31H,1,9-10,17-19H2,2-6H3,(H,38,39)(H,40,43)(H,41,45)/t24-,26-,29?,31?,36-/m1/s1. The van der Waals surface area contributed by atoms with Gasteiger partial charge in [-0.2, -0.15) is 0 Å². The molecule has 3 aliphatic rings. The zero-order chi connectivity index (χ0) is 36.0. The fourth-order valence-corrected chi connectivity index (χ4v) is 8.03. The summed E-state index contributed by atoms with van der Waals surface area (Å²) in [6.07, 6.45) is 3.78. The number of nitrogens with zero attached hydrogens (tertiary/aromatic N) is 3. The average molecular weight is 705 g/mol. The van der Waals surface area contributed by atoms with Crippen LogP contribution in [0.2, 0.25) is 0 Å². The molecule has 2 aliphatic carbocycles. The third-order valence-corrected chi connectivity index (χ3v) is 11.5. The number of pyridine rings is 2. The van der Waals surface area contributed by atoms with Gasteiger partial charge in [0, 0.05) is 29.6 Å². The number of carbonyl (C=O) groups is 3. The third kappa shape index (κ3) is 7.11. The van der Waals surface area contributed by atoms with E-state index in [4.69, 9.17) is 9.47 Å². The summed E-state index contributed by atoms with van der Waals surface area (Å²) in [5, 5.41) is 7.10. The van der Waals surface area contributed by atoms with Crippen LogP contribution in [0.3, 0.4) is 0 Å². The SMILES string of the molecule is C=C[C@@H]1C[C@]1(NC(=O)C1C[C@@H](Oc2nccc3cc(OC)ccc23)CN1C(=O)C(Nc1cc(C)cc(C)n1)C(C)C)C(=O)NS(=O)(=O)C1CC1. The summed E-state index contributed by atoms with van der Waals surface area (Å²) in [7, 11) is -2.27. The summed E-state index contributed by atoms with van der Waals surface area (Å²) in [5.74, 6) is -0.837. The van der Waals surface area contributed by atoms with Crippen LogP contribution in [-0.2, 0) is 24.4 Å². The maximum Gasteiger partial charge on any atom is 0.259 e. The number of anilines is 1. The number of carbonyl (C=O) groups excluding carboxylic acids is 3. The van der Waals surface area contributed by atoms with Gasteiger partial charge in [0.2, 0.25) is 27.7 Å². The van der Waals surface area contributed by atoms with Gasteiger partial charge in [-0.05, 0) is 86.4 Å². The molecule has 2 saturated carbocycles. The minimum Gasteiger partial charge on any atom is -0.497 e. The molecule has 3 N–H and O–H groups in total. The lowest BCUT2D eigenvalue weighted by Gasteiger charge is -2.31. The van der Waals surface area contributed by atoms with E-state index >= 15 is 0 Å². The highest BCUT2D eigenvalue weighted by atomic mass is 32.2. The Kier molecular flexibility index (Phi) is 9.51. The second kappa shape index (κ2) is 13.5. The first-order valence-electron chi connectivity index (χ1n) is 16.9. The Morgan fingerprint density at radius 1 is 1.12 bits per heavy atom. The summed E-state index contributed by atoms with van der Waals surface area (Å²) >= 11 is 0. The van der Waals surface area contributed by atoms with Gasteiger partial charge >= 0.3 is 0 Å². The number of benzene rings is 1. The molecular formula is C36H44N6O7S. The van der Waals surface area contributed by atoms with Crippen LogP contribution in [0.1, 0.15) is 50.8 Å². The lowest BCUT2D eigenvalue weighted by Crippen LogP contribution is -2.58. The van der Waals surface area contributed by atoms with E-state index in [1.165, 1.54) is 11.0 Å². The van der Waals surface area contributed by atoms with E-state index in [-0.39, 0.29) is 31.2 Å². The lowest BCUT2D eigenvalue weighted by atomic mass is 10.0. The second-order valence-electron chi connectivity index (χ2n) is 13.9. The second-order valence-corrected chi connectivity index (χ2v) is 15.9. The first-order valence-corrected chi connectivity index (χ1v) is 18.4. The van der Waals surface area contributed by atoms with Gasteiger partial charge in [0.05, 0.1) is 18.9 Å². The van der Waals surface area contributed by atoms with Crippen LogP contribution in [-0.4, -0.2) is 83.6 Å². The number of ether oxygens (including phenoxy) is 2. The van der Waals surface area contributed by atoms with Gasteiger partial charge in [-0.1, -0.05) is 19.9 Å². The number of rotatable bonds is 13. The summed E-state index contributed by atoms with van der Waals surface area (Å²) in [4.78, 5) is 52.6. The summed E-state index contributed by atoms with van der Waals surface area (Å²) in [6, 6.07) is 9.36. The van der Waals surface area contributed by atoms with Crippen molar-refractivity contribution in [2.45, 2.75) is 82.4 Å². The minimum absolute atomic E-state index is 0.0659. The Morgan fingerprint density at radius 3 is 2.52 bits per heavy atom. The van der Waals surface area contributed by atoms with E-state index in [0.29, 0.717) is 30.3 Å². The van der Waals surface area contributed by atoms with Crippen molar-refractivity contribution < 1.29 is 32.3 Å². The maximum atomic E-state index is 14.5. The Labute approximate surface area is 292 Å². The van der Waals surface area contributed by atoms with E-state index in [0.717, 1.165) is 22.0 Å². The van der Waals surface area contributed by atoms with Crippen molar-refractivity contribution in [2.75, 3.05) is 19.0 Å². The van der Waals surface area contributed by atoms with Crippen LogP contribution in [0, 0.1) is 25.7 Å². The van der Waals surface area contributed by atoms with E-state index in [9.17, 15) is 22.8 Å². The van der Waals surface area contributed by atoms with Gasteiger partial charge in [0.1, 0.15) is 35.3 Å². The Bertz CT molecular complexity index is 1930. The molecule has 0 spiro atoms. The highest BCUT2D eigenvalue weighted by Crippen LogP contribution is 2.45. The topological polar surface area (TPSA) is 169 Å². The zero-order valence-electron chi connectivity index (χ0n) is 28.9. The molecule has 3 fully saturated rings. The number of amides is 3. The van der Waals surface area contributed by atoms with Crippen molar-refractivity contribution in [1.82, 2.24) is 24.9 Å². The van der Waals surface area contributed by atoms with Crippen molar-refractivity contribution >= 4 is 44.3 Å². The lowest BCUT2D eigenvalue weighted by molar-refractivity contribution is -0.140. The minimum atomic E-state index is -3.86. The van der Waals surface area contributed by atoms with Crippen LogP contribution >= 0.6 is 0 Å². The molecule has 13 nitrogen and oxygen atoms in total. The molecule has 50 heavy (non-hydrogen) atoms. The number of aromatic nitrogens is 2. The smallest absolute Gasteiger partial charge is 0.259 e. The molecule has 266 valence electrons. The fraction of sp³-hybridized carbons (Fsp3) is 0.472. The Hall–Kier alpha value is -4.72. The molecule has 2 unspecified atom stereocenters. The number of nitrogens with one attached hydrogen (secondary N) is 3. The van der Waals surface area contributed by atoms with Gasteiger partial charge in [0.25, 0.3) is 5.91 Å². The molecule has 1 aliphatic heterocycles. The maximum absolute atomic E-state index is 14.5. The molecular weight excluding hydrogens is 660 g/mol. The fourth-order valence-electron chi connectivity index (χ4n) is 6.67. The van der Waals surface area contributed by atoms with Gasteiger partial charge in [-0.15, -0.1) is 6.58 Å². The highest BCUT2D eigenvalue weighted by Gasteiger charge is 2.62. The zero-order valence-corrected chi connectivity index (χ0v) is 29.7. The average Bonchev–Trinajstić information content (AvgIpc) is 3.99. The number of likely N-dealkylation sites (tertiary alicyclic amines) is 1. The molecule has 14 heteroatoms. The summed E-state index contributed by atoms with van der Waals surface area (Å²) in [5.41, 5.74) is 0.280. The van der Waals surface area contributed by atoms with Gasteiger partial charge in [0.15, 0.2) is 0 Å². The Morgan fingerprint density at radius 2 is 1.88 bits per heavy atom. The summed E-state index contributed by atoms with van der Waals surface area (Å²) in [6.45, 7) is 11.5. The number of aryl methyl sites for hydroxylation is 2. The Balaban J connectivity index is 1.29. The van der Waals surface area contributed by atoms with E-state index in [1.54, 1.807) is 19.4 Å². The molecule has 3 aromatic rings. The molecule has 1 saturated heterocycles. The van der Waals surface area contributed by atoms with Gasteiger partial charge < -0.3 is 25.0 Å². The number of hydrogen-bond acceptors (Lipinski definition) is 10. The number of hydrogen-bond donors (Lipinski definition) is 3. The van der Waals surface area contributed by atoms with Crippen LogP contribution in [0.5, 0.6) is 11.6 Å². The first-order chi connectivity index (χ1) is 23.7. The van der Waals surface area contributed by atoms with E-state index < -0.39 is 56.7 Å². The van der Waals surface area contributed by atoms with E-state index in [2.05, 4.69) is 31.9 Å². The molecule has 0 bridgehead atoms. The number of fused-ring (bicyclic) bond motifs is 1. The largest absolute Gasteiger partial charge is 0.497 e. The van der Waals surface area contributed by atoms with Crippen molar-refractivity contribution in [3.63, 3.8) is 0 Å². The van der Waals surface area contributed by atoms with Crippen molar-refractivity contribution in [1.29, 1.82) is 0 Å². The van der Waals surface area contributed by atoms with Crippen LogP contribution in [0.4, 0.5) is 5.82 Å². The molecule has 6 rings (SSSR count). The number of methoxy groups -OCH3 is 1. The summed E-state index contributed by atoms with van der Waals surface area (Å²) < 4.78 is 39.3. The van der Waals surface area contributed by atoms with Crippen molar-refractivity contribution in [3.05, 3.63) is 66.5 Å². The van der Waals surface area contributed by atoms with Crippen molar-refractivity contribution in [2.24, 2.45) is 11.8 Å². The molecule has 2 aromatic heterocycles. The van der Waals surface area contributed by atoms with Crippen LogP contribution in [0.15, 0.2) is 55.3 Å². The molecule has 3 heterocycles. The molecule has 5 atom stereocenters. The van der Waals surface area contributed by atoms with Gasteiger partial charge in [-0.25, -0.2) is 18.4 Å². The molecule has 0 radical (unpaired) electrons. The normalized spacial score (nSPS) is 23.6. The first kappa shape index (κ1) is 35.1. The van der Waals surface area contributed by atoms with Gasteiger partial charge in [-0.3, -0.25) is 19.1 Å². The highest BCUT2D eigenvalue weighted by molar-refractivity contribution is 7.91. The molecule has 1 aromatic carbocycles. The van der Waals surface area contributed by atoms with Crippen LogP contribution < -0.4 is 24.8 Å². The monoisotopic (exact) mass is 704 g/mol. The number of sulfonamides is 1. The predicted octanol–water partition coefficient (Wildman–Crippen LogP) is 3.41. The van der Waals surface area contributed by atoms with E-state index in [1.807, 2.05) is 58.0 Å². The third-order valence-electron chi connectivity index (χ3n) is 9.64. The molecule has 3 amide bonds. The quantitative estimate of drug-likeness (QED) is 0.224. The van der Waals surface area contributed by atoms with Crippen molar-refractivity contribution in [3.8, 4) is 11.6 Å². The predicted molar refractivity (Wildman–Crippen MR) is 188 cm³/mol.